The highest BCUT2D eigenvalue weighted by Crippen LogP contribution is 2.24. The molecule has 0 spiro atoms. The lowest BCUT2D eigenvalue weighted by Crippen LogP contribution is -2.37. The third kappa shape index (κ3) is 6.30. The summed E-state index contributed by atoms with van der Waals surface area (Å²) in [7, 11) is -3.33. The second kappa shape index (κ2) is 10.2. The maximum Gasteiger partial charge on any atom is 0.243 e. The van der Waals surface area contributed by atoms with Gasteiger partial charge in [0.1, 0.15) is 0 Å². The van der Waals surface area contributed by atoms with E-state index in [0.29, 0.717) is 23.9 Å². The van der Waals surface area contributed by atoms with E-state index < -0.39 is 10.0 Å². The van der Waals surface area contributed by atoms with Crippen LogP contribution in [0.4, 0.5) is 5.69 Å². The van der Waals surface area contributed by atoms with Crippen molar-refractivity contribution in [2.45, 2.75) is 70.1 Å². The number of hydrogen-bond donors (Lipinski definition) is 1. The molecule has 1 heterocycles. The highest BCUT2D eigenvalue weighted by atomic mass is 32.2. The molecule has 1 aromatic carbocycles. The van der Waals surface area contributed by atoms with Crippen LogP contribution >= 0.6 is 0 Å². The Balaban J connectivity index is 1.79. The normalized spacial score (nSPS) is 16.9. The lowest BCUT2D eigenvalue weighted by molar-refractivity contribution is 0.288. The highest BCUT2D eigenvalue weighted by Gasteiger charge is 2.27. The molecule has 0 unspecified atom stereocenters. The van der Waals surface area contributed by atoms with E-state index in [-0.39, 0.29) is 0 Å². The molecule has 1 aliphatic heterocycles. The molecular weight excluding hydrogens is 332 g/mol. The molecule has 4 nitrogen and oxygen atoms in total. The summed E-state index contributed by atoms with van der Waals surface area (Å²) < 4.78 is 27.0. The molecule has 0 radical (unpaired) electrons. The maximum atomic E-state index is 12.7. The molecule has 0 bridgehead atoms. The molecule has 0 aliphatic carbocycles. The molecule has 0 aromatic heterocycles. The van der Waals surface area contributed by atoms with Crippen LogP contribution in [0.1, 0.15) is 65.2 Å². The van der Waals surface area contributed by atoms with E-state index in [1.807, 2.05) is 12.1 Å². The Bertz CT molecular complexity index is 591. The molecule has 1 N–H and O–H groups in total. The SMILES string of the molecule is CCCCCCCCNc1ccc(S(=O)(=O)N2CCC(C)CC2)cc1. The summed E-state index contributed by atoms with van der Waals surface area (Å²) in [6.07, 6.45) is 9.58. The molecule has 0 amide bonds. The number of sulfonamides is 1. The molecule has 142 valence electrons. The molecule has 1 aromatic rings. The van der Waals surface area contributed by atoms with Crippen LogP contribution < -0.4 is 5.32 Å². The first-order valence-corrected chi connectivity index (χ1v) is 11.3. The van der Waals surface area contributed by atoms with Gasteiger partial charge < -0.3 is 5.32 Å². The van der Waals surface area contributed by atoms with Crippen LogP contribution in [0.2, 0.25) is 0 Å². The van der Waals surface area contributed by atoms with E-state index in [4.69, 9.17) is 0 Å². The fourth-order valence-corrected chi connectivity index (χ4v) is 4.73. The monoisotopic (exact) mass is 366 g/mol. The van der Waals surface area contributed by atoms with Gasteiger partial charge in [-0.1, -0.05) is 46.0 Å². The molecule has 25 heavy (non-hydrogen) atoms. The van der Waals surface area contributed by atoms with Crippen molar-refractivity contribution in [2.75, 3.05) is 25.0 Å². The van der Waals surface area contributed by atoms with Gasteiger partial charge in [-0.05, 0) is 49.4 Å². The van der Waals surface area contributed by atoms with E-state index >= 15 is 0 Å². The van der Waals surface area contributed by atoms with Crippen molar-refractivity contribution < 1.29 is 8.42 Å². The fraction of sp³-hybridized carbons (Fsp3) is 0.700. The maximum absolute atomic E-state index is 12.7. The Morgan fingerprint density at radius 1 is 1.00 bits per heavy atom. The summed E-state index contributed by atoms with van der Waals surface area (Å²) >= 11 is 0. The second-order valence-electron chi connectivity index (χ2n) is 7.31. The number of benzene rings is 1. The van der Waals surface area contributed by atoms with Gasteiger partial charge >= 0.3 is 0 Å². The van der Waals surface area contributed by atoms with Gasteiger partial charge in [0.05, 0.1) is 4.90 Å². The number of piperidine rings is 1. The third-order valence-corrected chi connectivity index (χ3v) is 7.01. The number of unbranched alkanes of at least 4 members (excludes halogenated alkanes) is 5. The van der Waals surface area contributed by atoms with Gasteiger partial charge in [0.2, 0.25) is 10.0 Å². The predicted molar refractivity (Wildman–Crippen MR) is 105 cm³/mol. The Hall–Kier alpha value is -1.07. The van der Waals surface area contributed by atoms with Crippen molar-refractivity contribution in [1.29, 1.82) is 0 Å². The molecule has 5 heteroatoms. The van der Waals surface area contributed by atoms with Crippen molar-refractivity contribution in [1.82, 2.24) is 4.31 Å². The second-order valence-corrected chi connectivity index (χ2v) is 9.24. The van der Waals surface area contributed by atoms with E-state index in [1.54, 1.807) is 16.4 Å². The van der Waals surface area contributed by atoms with Crippen molar-refractivity contribution in [3.8, 4) is 0 Å². The quantitative estimate of drug-likeness (QED) is 0.600. The van der Waals surface area contributed by atoms with Gasteiger partial charge in [0, 0.05) is 25.3 Å². The first-order chi connectivity index (χ1) is 12.0. The molecule has 0 saturated carbocycles. The Morgan fingerprint density at radius 2 is 1.60 bits per heavy atom. The number of nitrogens with zero attached hydrogens (tertiary/aromatic N) is 1. The van der Waals surface area contributed by atoms with E-state index in [2.05, 4.69) is 19.2 Å². The number of nitrogens with one attached hydrogen (secondary N) is 1. The van der Waals surface area contributed by atoms with Crippen molar-refractivity contribution >= 4 is 15.7 Å². The topological polar surface area (TPSA) is 49.4 Å². The number of rotatable bonds is 10. The van der Waals surface area contributed by atoms with Gasteiger partial charge in [0.25, 0.3) is 0 Å². The average molecular weight is 367 g/mol. The highest BCUT2D eigenvalue weighted by molar-refractivity contribution is 7.89. The minimum absolute atomic E-state index is 0.409. The van der Waals surface area contributed by atoms with E-state index in [9.17, 15) is 8.42 Å². The lowest BCUT2D eigenvalue weighted by atomic mass is 10.0. The van der Waals surface area contributed by atoms with Gasteiger partial charge in [-0.3, -0.25) is 0 Å². The summed E-state index contributed by atoms with van der Waals surface area (Å²) in [5.41, 5.74) is 1.000. The Morgan fingerprint density at radius 3 is 2.24 bits per heavy atom. The molecule has 2 rings (SSSR count). The minimum atomic E-state index is -3.33. The summed E-state index contributed by atoms with van der Waals surface area (Å²) in [4.78, 5) is 0.409. The van der Waals surface area contributed by atoms with Crippen LogP contribution in [0, 0.1) is 5.92 Å². The smallest absolute Gasteiger partial charge is 0.243 e. The minimum Gasteiger partial charge on any atom is -0.385 e. The Kier molecular flexibility index (Phi) is 8.24. The number of anilines is 1. The predicted octanol–water partition coefficient (Wildman–Crippen LogP) is 4.88. The van der Waals surface area contributed by atoms with Gasteiger partial charge in [-0.15, -0.1) is 0 Å². The summed E-state index contributed by atoms with van der Waals surface area (Å²) in [5.74, 6) is 0.625. The van der Waals surface area contributed by atoms with E-state index in [0.717, 1.165) is 31.5 Å². The van der Waals surface area contributed by atoms with Crippen molar-refractivity contribution in [3.05, 3.63) is 24.3 Å². The van der Waals surface area contributed by atoms with Crippen molar-refractivity contribution in [2.24, 2.45) is 5.92 Å². The first kappa shape index (κ1) is 20.2. The van der Waals surface area contributed by atoms with Crippen molar-refractivity contribution in [3.63, 3.8) is 0 Å². The molecule has 1 aliphatic rings. The zero-order valence-electron chi connectivity index (χ0n) is 15.8. The zero-order valence-corrected chi connectivity index (χ0v) is 16.7. The van der Waals surface area contributed by atoms with Gasteiger partial charge in [-0.25, -0.2) is 8.42 Å². The van der Waals surface area contributed by atoms with Gasteiger partial charge in [-0.2, -0.15) is 4.31 Å². The summed E-state index contributed by atoms with van der Waals surface area (Å²) in [6.45, 7) is 6.65. The first-order valence-electron chi connectivity index (χ1n) is 9.88. The fourth-order valence-electron chi connectivity index (χ4n) is 3.26. The average Bonchev–Trinajstić information content (AvgIpc) is 2.62. The third-order valence-electron chi connectivity index (χ3n) is 5.09. The summed E-state index contributed by atoms with van der Waals surface area (Å²) in [6, 6.07) is 7.24. The summed E-state index contributed by atoms with van der Waals surface area (Å²) in [5, 5.41) is 3.39. The Labute approximate surface area is 154 Å². The zero-order chi connectivity index (χ0) is 18.1. The van der Waals surface area contributed by atoms with Crippen LogP contribution in [-0.2, 0) is 10.0 Å². The van der Waals surface area contributed by atoms with E-state index in [1.165, 1.54) is 32.1 Å². The van der Waals surface area contributed by atoms with Gasteiger partial charge in [0.15, 0.2) is 0 Å². The lowest BCUT2D eigenvalue weighted by Gasteiger charge is -2.29. The van der Waals surface area contributed by atoms with Crippen LogP contribution in [0.5, 0.6) is 0 Å². The molecule has 1 saturated heterocycles. The van der Waals surface area contributed by atoms with Crippen LogP contribution in [0.3, 0.4) is 0 Å². The largest absolute Gasteiger partial charge is 0.385 e. The number of hydrogen-bond acceptors (Lipinski definition) is 3. The molecular formula is C20H34N2O2S. The van der Waals surface area contributed by atoms with Crippen LogP contribution in [0.25, 0.3) is 0 Å². The molecule has 0 atom stereocenters. The molecule has 1 fully saturated rings. The standard InChI is InChI=1S/C20H34N2O2S/c1-3-4-5-6-7-8-15-21-19-9-11-20(12-10-19)25(23,24)22-16-13-18(2)14-17-22/h9-12,18,21H,3-8,13-17H2,1-2H3. The van der Waals surface area contributed by atoms with Crippen LogP contribution in [0.15, 0.2) is 29.2 Å². The van der Waals surface area contributed by atoms with Crippen LogP contribution in [-0.4, -0.2) is 32.4 Å².